The average molecular weight is 309 g/mol. The summed E-state index contributed by atoms with van der Waals surface area (Å²) in [6.45, 7) is 0.636. The van der Waals surface area contributed by atoms with Crippen molar-refractivity contribution in [2.75, 3.05) is 0 Å². The largest absolute Gasteiger partial charge is 0.506 e. The molecule has 0 amide bonds. The molecular formula is C18H15NO4. The van der Waals surface area contributed by atoms with E-state index in [2.05, 4.69) is 0 Å². The van der Waals surface area contributed by atoms with E-state index in [4.69, 9.17) is 4.42 Å². The minimum Gasteiger partial charge on any atom is -0.506 e. The van der Waals surface area contributed by atoms with Gasteiger partial charge in [-0.25, -0.2) is 4.79 Å². The lowest BCUT2D eigenvalue weighted by Crippen LogP contribution is -2.21. The molecule has 1 aliphatic heterocycles. The molecule has 3 aromatic rings. The number of aromatic hydroxyl groups is 1. The van der Waals surface area contributed by atoms with Crippen molar-refractivity contribution >= 4 is 11.0 Å². The van der Waals surface area contributed by atoms with Crippen molar-refractivity contribution in [1.29, 1.82) is 0 Å². The maximum absolute atomic E-state index is 12.6. The highest BCUT2D eigenvalue weighted by atomic mass is 16.4. The van der Waals surface area contributed by atoms with Crippen LogP contribution in [0.1, 0.15) is 23.2 Å². The van der Waals surface area contributed by atoms with Gasteiger partial charge in [0.1, 0.15) is 16.7 Å². The maximum atomic E-state index is 12.6. The Labute approximate surface area is 131 Å². The number of rotatable bonds is 2. The van der Waals surface area contributed by atoms with Gasteiger partial charge in [0.15, 0.2) is 0 Å². The van der Waals surface area contributed by atoms with E-state index in [0.717, 1.165) is 24.1 Å². The fraction of sp³-hybridized carbons (Fsp3) is 0.222. The van der Waals surface area contributed by atoms with E-state index in [1.54, 1.807) is 10.6 Å². The van der Waals surface area contributed by atoms with Crippen LogP contribution in [0.25, 0.3) is 11.0 Å². The summed E-state index contributed by atoms with van der Waals surface area (Å²) in [6.07, 6.45) is 1.89. The van der Waals surface area contributed by atoms with Crippen LogP contribution in [0, 0.1) is 0 Å². The Morgan fingerprint density at radius 1 is 1.17 bits per heavy atom. The summed E-state index contributed by atoms with van der Waals surface area (Å²) in [4.78, 5) is 24.8. The van der Waals surface area contributed by atoms with Gasteiger partial charge in [-0.05, 0) is 18.4 Å². The van der Waals surface area contributed by atoms with Gasteiger partial charge in [0.05, 0.1) is 5.56 Å². The lowest BCUT2D eigenvalue weighted by Gasteiger charge is -2.09. The first kappa shape index (κ1) is 13.8. The van der Waals surface area contributed by atoms with Crippen molar-refractivity contribution in [3.05, 3.63) is 74.0 Å². The number of nitrogens with zero attached hydrogens (tertiary/aromatic N) is 1. The van der Waals surface area contributed by atoms with Crippen molar-refractivity contribution in [3.8, 4) is 5.75 Å². The zero-order valence-corrected chi connectivity index (χ0v) is 12.4. The Balaban J connectivity index is 1.97. The van der Waals surface area contributed by atoms with Gasteiger partial charge in [0.2, 0.25) is 0 Å². The SMILES string of the molecule is O=c1oc2cc3n(c(=O)c2c(O)c1Cc1ccccc1)CCC3. The van der Waals surface area contributed by atoms with Gasteiger partial charge in [0, 0.05) is 24.7 Å². The molecule has 0 bridgehead atoms. The third-order valence-electron chi connectivity index (χ3n) is 4.36. The summed E-state index contributed by atoms with van der Waals surface area (Å²) in [5, 5.41) is 10.6. The monoisotopic (exact) mass is 309 g/mol. The van der Waals surface area contributed by atoms with Crippen LogP contribution >= 0.6 is 0 Å². The highest BCUT2D eigenvalue weighted by molar-refractivity contribution is 5.83. The standard InChI is InChI=1S/C18H15NO4/c20-16-13(9-11-5-2-1-3-6-11)18(22)23-14-10-12-7-4-8-19(12)17(21)15(14)16/h1-3,5-6,10,20H,4,7-9H2. The fourth-order valence-corrected chi connectivity index (χ4v) is 3.21. The summed E-state index contributed by atoms with van der Waals surface area (Å²) in [5.74, 6) is -0.257. The van der Waals surface area contributed by atoms with Crippen molar-refractivity contribution in [1.82, 2.24) is 4.57 Å². The molecule has 5 heteroatoms. The first-order valence-electron chi connectivity index (χ1n) is 7.60. The van der Waals surface area contributed by atoms with Crippen molar-refractivity contribution in [3.63, 3.8) is 0 Å². The molecule has 116 valence electrons. The van der Waals surface area contributed by atoms with E-state index in [1.165, 1.54) is 0 Å². The molecule has 5 nitrogen and oxygen atoms in total. The number of fused-ring (bicyclic) bond motifs is 2. The van der Waals surface area contributed by atoms with Crippen LogP contribution in [-0.4, -0.2) is 9.67 Å². The molecule has 1 N–H and O–H groups in total. The lowest BCUT2D eigenvalue weighted by molar-refractivity contribution is 0.457. The van der Waals surface area contributed by atoms with Crippen LogP contribution in [-0.2, 0) is 19.4 Å². The summed E-state index contributed by atoms with van der Waals surface area (Å²) >= 11 is 0. The minimum atomic E-state index is -0.596. The predicted octanol–water partition coefficient (Wildman–Crippen LogP) is 2.20. The Hall–Kier alpha value is -2.82. The van der Waals surface area contributed by atoms with Crippen LogP contribution in [0.5, 0.6) is 5.75 Å². The molecule has 0 radical (unpaired) electrons. The first-order valence-corrected chi connectivity index (χ1v) is 7.60. The van der Waals surface area contributed by atoms with Crippen molar-refractivity contribution < 1.29 is 9.52 Å². The summed E-state index contributed by atoms with van der Waals surface area (Å²) in [5.41, 5.74) is 1.13. The van der Waals surface area contributed by atoms with Gasteiger partial charge in [-0.15, -0.1) is 0 Å². The van der Waals surface area contributed by atoms with Crippen LogP contribution in [0.15, 0.2) is 50.4 Å². The Kier molecular flexibility index (Phi) is 3.08. The predicted molar refractivity (Wildman–Crippen MR) is 86.0 cm³/mol. The van der Waals surface area contributed by atoms with Gasteiger partial charge < -0.3 is 14.1 Å². The Bertz CT molecular complexity index is 1020. The quantitative estimate of drug-likeness (QED) is 0.787. The second kappa shape index (κ2) is 5.12. The highest BCUT2D eigenvalue weighted by Crippen LogP contribution is 2.27. The zero-order chi connectivity index (χ0) is 16.0. The number of hydrogen-bond acceptors (Lipinski definition) is 4. The number of hydrogen-bond donors (Lipinski definition) is 1. The van der Waals surface area contributed by atoms with Crippen LogP contribution in [0.2, 0.25) is 0 Å². The molecule has 1 aliphatic rings. The number of aryl methyl sites for hydroxylation is 1. The van der Waals surface area contributed by atoms with Crippen LogP contribution < -0.4 is 11.2 Å². The lowest BCUT2D eigenvalue weighted by atomic mass is 10.0. The summed E-state index contributed by atoms with van der Waals surface area (Å²) in [6, 6.07) is 11.0. The molecule has 4 rings (SSSR count). The molecule has 1 aromatic carbocycles. The van der Waals surface area contributed by atoms with Gasteiger partial charge in [-0.1, -0.05) is 30.3 Å². The highest BCUT2D eigenvalue weighted by Gasteiger charge is 2.22. The van der Waals surface area contributed by atoms with Crippen LogP contribution in [0.3, 0.4) is 0 Å². The molecule has 2 aromatic heterocycles. The Morgan fingerprint density at radius 2 is 1.96 bits per heavy atom. The van der Waals surface area contributed by atoms with Gasteiger partial charge >= 0.3 is 5.63 Å². The average Bonchev–Trinajstić information content (AvgIpc) is 3.01. The zero-order valence-electron chi connectivity index (χ0n) is 12.4. The van der Waals surface area contributed by atoms with E-state index >= 15 is 0 Å². The molecule has 3 heterocycles. The number of pyridine rings is 1. The van der Waals surface area contributed by atoms with E-state index < -0.39 is 5.63 Å². The fourth-order valence-electron chi connectivity index (χ4n) is 3.21. The van der Waals surface area contributed by atoms with E-state index in [9.17, 15) is 14.7 Å². The molecule has 0 unspecified atom stereocenters. The third kappa shape index (κ3) is 2.16. The van der Waals surface area contributed by atoms with Gasteiger partial charge in [-0.3, -0.25) is 4.79 Å². The molecule has 0 spiro atoms. The summed E-state index contributed by atoms with van der Waals surface area (Å²) in [7, 11) is 0. The molecular weight excluding hydrogens is 294 g/mol. The van der Waals surface area contributed by atoms with Gasteiger partial charge in [0.25, 0.3) is 5.56 Å². The Morgan fingerprint density at radius 3 is 2.74 bits per heavy atom. The van der Waals surface area contributed by atoms with Crippen molar-refractivity contribution in [2.45, 2.75) is 25.8 Å². The normalized spacial score (nSPS) is 13.4. The summed E-state index contributed by atoms with van der Waals surface area (Å²) < 4.78 is 6.97. The molecule has 23 heavy (non-hydrogen) atoms. The second-order valence-electron chi connectivity index (χ2n) is 5.81. The van der Waals surface area contributed by atoms with E-state index in [1.807, 2.05) is 30.3 Å². The van der Waals surface area contributed by atoms with E-state index in [0.29, 0.717) is 6.54 Å². The van der Waals surface area contributed by atoms with Crippen molar-refractivity contribution in [2.24, 2.45) is 0 Å². The van der Waals surface area contributed by atoms with Gasteiger partial charge in [-0.2, -0.15) is 0 Å². The second-order valence-corrected chi connectivity index (χ2v) is 5.81. The molecule has 0 atom stereocenters. The minimum absolute atomic E-state index is 0.0983. The number of benzene rings is 1. The van der Waals surface area contributed by atoms with Crippen LogP contribution in [0.4, 0.5) is 0 Å². The third-order valence-corrected chi connectivity index (χ3v) is 4.36. The maximum Gasteiger partial charge on any atom is 0.343 e. The number of aromatic nitrogens is 1. The topological polar surface area (TPSA) is 72.4 Å². The molecule has 0 saturated carbocycles. The first-order chi connectivity index (χ1) is 11.1. The molecule has 0 saturated heterocycles. The van der Waals surface area contributed by atoms with E-state index in [-0.39, 0.29) is 34.3 Å². The smallest absolute Gasteiger partial charge is 0.343 e. The molecule has 0 fully saturated rings. The molecule has 0 aliphatic carbocycles.